The molecule has 0 aliphatic heterocycles. The van der Waals surface area contributed by atoms with Crippen LogP contribution in [0.5, 0.6) is 0 Å². The second-order valence-electron chi connectivity index (χ2n) is 6.89. The van der Waals surface area contributed by atoms with Crippen molar-refractivity contribution >= 4 is 27.8 Å². The summed E-state index contributed by atoms with van der Waals surface area (Å²) in [4.78, 5) is 12.2. The lowest BCUT2D eigenvalue weighted by molar-refractivity contribution is -0.137. The van der Waals surface area contributed by atoms with E-state index in [1.807, 2.05) is 13.8 Å². The highest BCUT2D eigenvalue weighted by Gasteiger charge is 2.32. The van der Waals surface area contributed by atoms with E-state index >= 15 is 0 Å². The van der Waals surface area contributed by atoms with Gasteiger partial charge in [-0.25, -0.2) is 13.8 Å². The highest BCUT2D eigenvalue weighted by Crippen LogP contribution is 2.31. The van der Waals surface area contributed by atoms with Gasteiger partial charge in [-0.05, 0) is 29.7 Å². The van der Waals surface area contributed by atoms with Gasteiger partial charge in [-0.2, -0.15) is 18.3 Å². The van der Waals surface area contributed by atoms with Gasteiger partial charge in [-0.15, -0.1) is 0 Å². The van der Waals surface area contributed by atoms with Crippen LogP contribution in [0.3, 0.4) is 0 Å². The van der Waals surface area contributed by atoms with Crippen LogP contribution in [-0.2, 0) is 21.0 Å². The number of hydrogen-bond acceptors (Lipinski definition) is 4. The molecule has 0 aliphatic rings. The van der Waals surface area contributed by atoms with E-state index in [2.05, 4.69) is 10.5 Å². The fourth-order valence-electron chi connectivity index (χ4n) is 2.63. The van der Waals surface area contributed by atoms with Gasteiger partial charge in [0.2, 0.25) is 10.0 Å². The summed E-state index contributed by atoms with van der Waals surface area (Å²) in [5.41, 5.74) is 2.24. The molecule has 0 bridgehead atoms. The zero-order valence-electron chi connectivity index (χ0n) is 16.6. The van der Waals surface area contributed by atoms with Crippen molar-refractivity contribution in [2.24, 2.45) is 5.10 Å². The van der Waals surface area contributed by atoms with Crippen molar-refractivity contribution in [1.82, 2.24) is 5.43 Å². The number of nitrogens with zero attached hydrogens (tertiary/aromatic N) is 2. The number of hydrazone groups is 1. The van der Waals surface area contributed by atoms with Crippen molar-refractivity contribution in [3.8, 4) is 0 Å². The standard InChI is InChI=1S/C20H22F3N3O3S/c1-14(2)15-8-10-17(11-9-15)26(30(3,28)29)13-19(27)25-24-12-16-6-4-5-7-18(16)20(21,22)23/h4-12,14H,13H2,1-3H3,(H,25,27)/b24-12-. The Bertz CT molecular complexity index is 1020. The Morgan fingerprint density at radius 1 is 1.13 bits per heavy atom. The van der Waals surface area contributed by atoms with E-state index in [9.17, 15) is 26.4 Å². The SMILES string of the molecule is CC(C)c1ccc(N(CC(=O)N/N=C\c2ccccc2C(F)(F)F)S(C)(=O)=O)cc1. The molecule has 0 radical (unpaired) electrons. The molecule has 0 heterocycles. The van der Waals surface area contributed by atoms with Crippen LogP contribution in [0.4, 0.5) is 18.9 Å². The second kappa shape index (κ2) is 9.29. The topological polar surface area (TPSA) is 78.8 Å². The lowest BCUT2D eigenvalue weighted by atomic mass is 10.0. The zero-order valence-corrected chi connectivity index (χ0v) is 17.5. The molecule has 0 spiro atoms. The van der Waals surface area contributed by atoms with E-state index in [4.69, 9.17) is 0 Å². The number of nitrogens with one attached hydrogen (secondary N) is 1. The highest BCUT2D eigenvalue weighted by atomic mass is 32.2. The lowest BCUT2D eigenvalue weighted by Crippen LogP contribution is -2.39. The number of sulfonamides is 1. The fraction of sp³-hybridized carbons (Fsp3) is 0.300. The molecule has 30 heavy (non-hydrogen) atoms. The largest absolute Gasteiger partial charge is 0.417 e. The summed E-state index contributed by atoms with van der Waals surface area (Å²) in [6, 6.07) is 11.5. The third-order valence-corrected chi connectivity index (χ3v) is 5.33. The molecule has 1 amide bonds. The van der Waals surface area contributed by atoms with Gasteiger partial charge in [-0.1, -0.05) is 44.2 Å². The van der Waals surface area contributed by atoms with Crippen molar-refractivity contribution in [1.29, 1.82) is 0 Å². The van der Waals surface area contributed by atoms with E-state index in [1.54, 1.807) is 24.3 Å². The number of halogens is 3. The maximum absolute atomic E-state index is 13.0. The normalized spacial score (nSPS) is 12.4. The minimum absolute atomic E-state index is 0.227. The Morgan fingerprint density at radius 2 is 1.73 bits per heavy atom. The Kier molecular flexibility index (Phi) is 7.25. The first-order valence-corrected chi connectivity index (χ1v) is 10.8. The van der Waals surface area contributed by atoms with Gasteiger partial charge in [0.25, 0.3) is 5.91 Å². The smallest absolute Gasteiger partial charge is 0.271 e. The molecule has 0 saturated heterocycles. The predicted octanol–water partition coefficient (Wildman–Crippen LogP) is 3.75. The predicted molar refractivity (Wildman–Crippen MR) is 110 cm³/mol. The molecule has 0 unspecified atom stereocenters. The number of anilines is 1. The van der Waals surface area contributed by atoms with Crippen molar-refractivity contribution in [2.75, 3.05) is 17.1 Å². The van der Waals surface area contributed by atoms with E-state index in [-0.39, 0.29) is 11.5 Å². The molecule has 2 aromatic carbocycles. The Morgan fingerprint density at radius 3 is 2.27 bits per heavy atom. The van der Waals surface area contributed by atoms with Crippen molar-refractivity contribution < 1.29 is 26.4 Å². The molecular weight excluding hydrogens is 419 g/mol. The second-order valence-corrected chi connectivity index (χ2v) is 8.80. The molecule has 0 fully saturated rings. The molecular formula is C20H22F3N3O3S. The summed E-state index contributed by atoms with van der Waals surface area (Å²) in [6.07, 6.45) is -2.75. The first-order chi connectivity index (χ1) is 13.9. The van der Waals surface area contributed by atoms with Crippen LogP contribution < -0.4 is 9.73 Å². The third kappa shape index (κ3) is 6.31. The maximum atomic E-state index is 13.0. The molecule has 2 aromatic rings. The van der Waals surface area contributed by atoms with Crippen molar-refractivity contribution in [2.45, 2.75) is 25.9 Å². The summed E-state index contributed by atoms with van der Waals surface area (Å²) >= 11 is 0. The van der Waals surface area contributed by atoms with E-state index in [1.165, 1.54) is 18.2 Å². The average molecular weight is 441 g/mol. The molecule has 0 aliphatic carbocycles. The minimum atomic E-state index is -4.57. The van der Waals surface area contributed by atoms with Crippen LogP contribution in [0.25, 0.3) is 0 Å². The maximum Gasteiger partial charge on any atom is 0.417 e. The monoisotopic (exact) mass is 441 g/mol. The molecule has 162 valence electrons. The Labute approximate surface area is 173 Å². The molecule has 6 nitrogen and oxygen atoms in total. The Balaban J connectivity index is 2.14. The Hall–Kier alpha value is -2.88. The number of amides is 1. The molecule has 1 N–H and O–H groups in total. The van der Waals surface area contributed by atoms with Crippen LogP contribution in [-0.4, -0.2) is 33.3 Å². The van der Waals surface area contributed by atoms with Crippen LogP contribution in [0, 0.1) is 0 Å². The van der Waals surface area contributed by atoms with Crippen LogP contribution >= 0.6 is 0 Å². The van der Waals surface area contributed by atoms with Gasteiger partial charge in [0.1, 0.15) is 6.54 Å². The van der Waals surface area contributed by atoms with E-state index < -0.39 is 34.2 Å². The number of carbonyl (C=O) groups excluding carboxylic acids is 1. The van der Waals surface area contributed by atoms with E-state index in [0.717, 1.165) is 28.4 Å². The van der Waals surface area contributed by atoms with Gasteiger partial charge in [0, 0.05) is 5.56 Å². The average Bonchev–Trinajstić information content (AvgIpc) is 2.65. The first kappa shape index (κ1) is 23.4. The number of benzene rings is 2. The highest BCUT2D eigenvalue weighted by molar-refractivity contribution is 7.92. The van der Waals surface area contributed by atoms with Gasteiger partial charge in [0.05, 0.1) is 23.7 Å². The number of hydrogen-bond donors (Lipinski definition) is 1. The van der Waals surface area contributed by atoms with Gasteiger partial charge in [0.15, 0.2) is 0 Å². The first-order valence-electron chi connectivity index (χ1n) is 8.95. The van der Waals surface area contributed by atoms with Crippen LogP contribution in [0.2, 0.25) is 0 Å². The minimum Gasteiger partial charge on any atom is -0.271 e. The molecule has 0 aromatic heterocycles. The third-order valence-electron chi connectivity index (χ3n) is 4.19. The number of alkyl halides is 3. The number of rotatable bonds is 7. The van der Waals surface area contributed by atoms with Crippen molar-refractivity contribution in [3.05, 3.63) is 65.2 Å². The fourth-order valence-corrected chi connectivity index (χ4v) is 3.49. The molecule has 0 atom stereocenters. The number of carbonyl (C=O) groups is 1. The van der Waals surface area contributed by atoms with Gasteiger partial charge in [-0.3, -0.25) is 9.10 Å². The quantitative estimate of drug-likeness (QED) is 0.525. The summed E-state index contributed by atoms with van der Waals surface area (Å²) in [6.45, 7) is 3.41. The van der Waals surface area contributed by atoms with Crippen LogP contribution in [0.1, 0.15) is 36.5 Å². The molecule has 0 saturated carbocycles. The summed E-state index contributed by atoms with van der Waals surface area (Å²) < 4.78 is 64.1. The van der Waals surface area contributed by atoms with Gasteiger partial charge < -0.3 is 0 Å². The zero-order chi connectivity index (χ0) is 22.5. The molecule has 10 heteroatoms. The van der Waals surface area contributed by atoms with Crippen LogP contribution in [0.15, 0.2) is 53.6 Å². The van der Waals surface area contributed by atoms with Gasteiger partial charge >= 0.3 is 6.18 Å². The summed E-state index contributed by atoms with van der Waals surface area (Å²) in [7, 11) is -3.78. The molecule has 2 rings (SSSR count). The van der Waals surface area contributed by atoms with Crippen molar-refractivity contribution in [3.63, 3.8) is 0 Å². The lowest BCUT2D eigenvalue weighted by Gasteiger charge is -2.21. The summed E-state index contributed by atoms with van der Waals surface area (Å²) in [5, 5.41) is 3.54. The summed E-state index contributed by atoms with van der Waals surface area (Å²) in [5.74, 6) is -0.544. The van der Waals surface area contributed by atoms with E-state index in [0.29, 0.717) is 5.69 Å².